The average Bonchev–Trinajstić information content (AvgIpc) is 2.38. The molecular formula is C12H11ClN4S. The number of rotatable bonds is 3. The first kappa shape index (κ1) is 12.7. The van der Waals surface area contributed by atoms with Crippen molar-refractivity contribution in [3.05, 3.63) is 47.4 Å². The van der Waals surface area contributed by atoms with Crippen LogP contribution in [0.2, 0.25) is 5.02 Å². The van der Waals surface area contributed by atoms with Crippen molar-refractivity contribution < 1.29 is 0 Å². The monoisotopic (exact) mass is 278 g/mol. The molecule has 0 unspecified atom stereocenters. The van der Waals surface area contributed by atoms with Crippen molar-refractivity contribution >= 4 is 40.3 Å². The van der Waals surface area contributed by atoms with E-state index in [9.17, 15) is 0 Å². The number of halogens is 1. The van der Waals surface area contributed by atoms with Crippen molar-refractivity contribution in [2.24, 2.45) is 5.73 Å². The topological polar surface area (TPSA) is 55.0 Å². The summed E-state index contributed by atoms with van der Waals surface area (Å²) in [6, 6.07) is 7.56. The second-order valence-corrected chi connectivity index (χ2v) is 4.48. The number of hydrogen-bond acceptors (Lipinski definition) is 4. The van der Waals surface area contributed by atoms with Crippen LogP contribution in [0.4, 0.5) is 11.5 Å². The molecule has 18 heavy (non-hydrogen) atoms. The summed E-state index contributed by atoms with van der Waals surface area (Å²) in [5.41, 5.74) is 7.34. The number of benzene rings is 1. The van der Waals surface area contributed by atoms with Crippen molar-refractivity contribution in [2.45, 2.75) is 0 Å². The molecule has 0 aliphatic carbocycles. The normalized spacial score (nSPS) is 10.1. The maximum Gasteiger partial charge on any atom is 0.155 e. The maximum atomic E-state index is 6.07. The van der Waals surface area contributed by atoms with Gasteiger partial charge in [-0.2, -0.15) is 0 Å². The van der Waals surface area contributed by atoms with Gasteiger partial charge in [-0.05, 0) is 12.1 Å². The Labute approximate surface area is 115 Å². The highest BCUT2D eigenvalue weighted by Crippen LogP contribution is 2.29. The molecule has 0 spiro atoms. The molecule has 2 N–H and O–H groups in total. The molecule has 0 aliphatic heterocycles. The highest BCUT2D eigenvalue weighted by molar-refractivity contribution is 7.80. The van der Waals surface area contributed by atoms with Gasteiger partial charge in [-0.1, -0.05) is 36.0 Å². The molecule has 1 aromatic heterocycles. The van der Waals surface area contributed by atoms with Crippen LogP contribution in [-0.2, 0) is 0 Å². The molecule has 0 saturated carbocycles. The van der Waals surface area contributed by atoms with Gasteiger partial charge in [0.2, 0.25) is 0 Å². The molecular weight excluding hydrogens is 268 g/mol. The second kappa shape index (κ2) is 5.29. The molecule has 6 heteroatoms. The quantitative estimate of drug-likeness (QED) is 0.875. The molecule has 4 nitrogen and oxygen atoms in total. The van der Waals surface area contributed by atoms with Gasteiger partial charge in [0.05, 0.1) is 11.9 Å². The first-order valence-corrected chi connectivity index (χ1v) is 5.98. The Hall–Kier alpha value is -1.72. The fourth-order valence-corrected chi connectivity index (χ4v) is 2.05. The van der Waals surface area contributed by atoms with E-state index >= 15 is 0 Å². The lowest BCUT2D eigenvalue weighted by Gasteiger charge is -2.21. The van der Waals surface area contributed by atoms with Gasteiger partial charge >= 0.3 is 0 Å². The highest BCUT2D eigenvalue weighted by atomic mass is 35.5. The third-order valence-corrected chi connectivity index (χ3v) is 2.98. The van der Waals surface area contributed by atoms with E-state index in [4.69, 9.17) is 29.6 Å². The van der Waals surface area contributed by atoms with Crippen LogP contribution in [0.1, 0.15) is 5.56 Å². The zero-order valence-corrected chi connectivity index (χ0v) is 11.2. The first-order chi connectivity index (χ1) is 8.61. The van der Waals surface area contributed by atoms with Gasteiger partial charge in [-0.15, -0.1) is 0 Å². The molecule has 0 atom stereocenters. The van der Waals surface area contributed by atoms with Crippen molar-refractivity contribution in [1.82, 2.24) is 9.97 Å². The second-order valence-electron chi connectivity index (χ2n) is 3.63. The van der Waals surface area contributed by atoms with Crippen molar-refractivity contribution in [2.75, 3.05) is 11.9 Å². The van der Waals surface area contributed by atoms with Crippen LogP contribution >= 0.6 is 23.8 Å². The average molecular weight is 279 g/mol. The molecule has 2 aromatic rings. The lowest BCUT2D eigenvalue weighted by Crippen LogP contribution is -2.18. The SMILES string of the molecule is CN(c1ccccc1C(N)=S)c1ncncc1Cl. The Morgan fingerprint density at radius 3 is 2.78 bits per heavy atom. The Morgan fingerprint density at radius 1 is 1.39 bits per heavy atom. The van der Waals surface area contributed by atoms with E-state index in [1.54, 1.807) is 6.20 Å². The minimum atomic E-state index is 0.336. The Morgan fingerprint density at radius 2 is 2.11 bits per heavy atom. The maximum absolute atomic E-state index is 6.07. The molecule has 0 amide bonds. The van der Waals surface area contributed by atoms with Crippen LogP contribution in [0, 0.1) is 0 Å². The van der Waals surface area contributed by atoms with Crippen LogP contribution in [0.5, 0.6) is 0 Å². The minimum absolute atomic E-state index is 0.336. The van der Waals surface area contributed by atoms with Gasteiger partial charge in [0, 0.05) is 12.6 Å². The molecule has 0 aliphatic rings. The summed E-state index contributed by atoms with van der Waals surface area (Å²) in [4.78, 5) is 10.2. The summed E-state index contributed by atoms with van der Waals surface area (Å²) in [5.74, 6) is 0.607. The van der Waals surface area contributed by atoms with E-state index in [0.717, 1.165) is 11.3 Å². The van der Waals surface area contributed by atoms with Gasteiger partial charge in [0.1, 0.15) is 16.3 Å². The number of thiocarbonyl (C=S) groups is 1. The smallest absolute Gasteiger partial charge is 0.155 e. The largest absolute Gasteiger partial charge is 0.389 e. The number of nitrogens with zero attached hydrogens (tertiary/aromatic N) is 3. The summed E-state index contributed by atoms with van der Waals surface area (Å²) >= 11 is 11.1. The van der Waals surface area contributed by atoms with Gasteiger partial charge in [-0.25, -0.2) is 9.97 Å². The van der Waals surface area contributed by atoms with E-state index in [0.29, 0.717) is 15.8 Å². The van der Waals surface area contributed by atoms with E-state index in [2.05, 4.69) is 9.97 Å². The summed E-state index contributed by atoms with van der Waals surface area (Å²) in [6.45, 7) is 0. The predicted molar refractivity (Wildman–Crippen MR) is 77.4 cm³/mol. The van der Waals surface area contributed by atoms with Crippen molar-refractivity contribution in [3.8, 4) is 0 Å². The Bertz CT molecular complexity index is 588. The summed E-state index contributed by atoms with van der Waals surface area (Å²) < 4.78 is 0. The van der Waals surface area contributed by atoms with Crippen LogP contribution in [0.3, 0.4) is 0 Å². The van der Waals surface area contributed by atoms with E-state index in [1.807, 2.05) is 36.2 Å². The molecule has 2 rings (SSSR count). The zero-order valence-electron chi connectivity index (χ0n) is 9.67. The molecule has 0 fully saturated rings. The predicted octanol–water partition coefficient (Wildman–Crippen LogP) is 2.53. The highest BCUT2D eigenvalue weighted by Gasteiger charge is 2.14. The number of aromatic nitrogens is 2. The zero-order chi connectivity index (χ0) is 13.1. The molecule has 0 saturated heterocycles. The Balaban J connectivity index is 2.50. The summed E-state index contributed by atoms with van der Waals surface area (Å²) in [7, 11) is 1.85. The lowest BCUT2D eigenvalue weighted by molar-refractivity contribution is 1.08. The van der Waals surface area contributed by atoms with Crippen LogP contribution < -0.4 is 10.6 Å². The molecule has 1 aromatic carbocycles. The van der Waals surface area contributed by atoms with E-state index in [-0.39, 0.29) is 0 Å². The number of hydrogen-bond donors (Lipinski definition) is 1. The molecule has 0 bridgehead atoms. The fraction of sp³-hybridized carbons (Fsp3) is 0.0833. The van der Waals surface area contributed by atoms with E-state index in [1.165, 1.54) is 6.33 Å². The van der Waals surface area contributed by atoms with E-state index < -0.39 is 0 Å². The van der Waals surface area contributed by atoms with Crippen molar-refractivity contribution in [1.29, 1.82) is 0 Å². The molecule has 92 valence electrons. The number of anilines is 2. The van der Waals surface area contributed by atoms with Gasteiger partial charge in [0.25, 0.3) is 0 Å². The number of para-hydroxylation sites is 1. The summed E-state index contributed by atoms with van der Waals surface area (Å²) in [6.07, 6.45) is 2.99. The minimum Gasteiger partial charge on any atom is -0.389 e. The third kappa shape index (κ3) is 2.42. The molecule has 0 radical (unpaired) electrons. The van der Waals surface area contributed by atoms with Gasteiger partial charge in [-0.3, -0.25) is 0 Å². The van der Waals surface area contributed by atoms with Crippen LogP contribution in [-0.4, -0.2) is 22.0 Å². The van der Waals surface area contributed by atoms with Gasteiger partial charge in [0.15, 0.2) is 5.82 Å². The summed E-state index contributed by atoms with van der Waals surface area (Å²) in [5, 5.41) is 0.470. The van der Waals surface area contributed by atoms with Crippen LogP contribution in [0.25, 0.3) is 0 Å². The third-order valence-electron chi connectivity index (χ3n) is 2.50. The van der Waals surface area contributed by atoms with Gasteiger partial charge < -0.3 is 10.6 Å². The lowest BCUT2D eigenvalue weighted by atomic mass is 10.1. The standard InChI is InChI=1S/C12H11ClN4S/c1-17(12-9(13)6-15-7-16-12)10-5-3-2-4-8(10)11(14)18/h2-7H,1H3,(H2,14,18). The fourth-order valence-electron chi connectivity index (χ4n) is 1.64. The molecule has 1 heterocycles. The Kier molecular flexibility index (Phi) is 3.74. The first-order valence-electron chi connectivity index (χ1n) is 5.19. The number of nitrogens with two attached hydrogens (primary N) is 1. The van der Waals surface area contributed by atoms with Crippen molar-refractivity contribution in [3.63, 3.8) is 0 Å². The van der Waals surface area contributed by atoms with Crippen LogP contribution in [0.15, 0.2) is 36.8 Å².